The van der Waals surface area contributed by atoms with E-state index in [0.29, 0.717) is 18.0 Å². The van der Waals surface area contributed by atoms with Crippen LogP contribution in [0.4, 0.5) is 10.5 Å². The molecule has 2 N–H and O–H groups in total. The van der Waals surface area contributed by atoms with E-state index in [1.807, 2.05) is 66.2 Å². The lowest BCUT2D eigenvalue weighted by Crippen LogP contribution is -2.28. The zero-order valence-electron chi connectivity index (χ0n) is 16.4. The maximum atomic E-state index is 12.3. The third-order valence-electron chi connectivity index (χ3n) is 4.42. The summed E-state index contributed by atoms with van der Waals surface area (Å²) in [6.45, 7) is 2.37. The number of nitrogens with one attached hydrogen (secondary N) is 2. The number of hydrogen-bond donors (Lipinski definition) is 2. The van der Waals surface area contributed by atoms with Crippen LogP contribution in [-0.2, 0) is 6.54 Å². The van der Waals surface area contributed by atoms with Gasteiger partial charge in [-0.3, -0.25) is 4.57 Å². The van der Waals surface area contributed by atoms with E-state index in [-0.39, 0.29) is 6.03 Å². The van der Waals surface area contributed by atoms with Gasteiger partial charge in [-0.2, -0.15) is 0 Å². The van der Waals surface area contributed by atoms with E-state index in [1.165, 1.54) is 5.56 Å². The lowest BCUT2D eigenvalue weighted by Gasteiger charge is -2.11. The van der Waals surface area contributed by atoms with Gasteiger partial charge in [-0.1, -0.05) is 23.8 Å². The molecule has 0 bridgehead atoms. The number of hydrogen-bond acceptors (Lipinski definition) is 4. The predicted octanol–water partition coefficient (Wildman–Crippen LogP) is 4.69. The van der Waals surface area contributed by atoms with Crippen molar-refractivity contribution >= 4 is 11.7 Å². The van der Waals surface area contributed by atoms with Gasteiger partial charge in [0.05, 0.1) is 0 Å². The Balaban J connectivity index is 1.33. The van der Waals surface area contributed by atoms with Gasteiger partial charge in [-0.15, -0.1) is 0 Å². The summed E-state index contributed by atoms with van der Waals surface area (Å²) in [6.07, 6.45) is 6.88. The van der Waals surface area contributed by atoms with Crippen LogP contribution in [0, 0.1) is 6.92 Å². The first kappa shape index (κ1) is 19.2. The molecule has 0 aliphatic heterocycles. The number of pyridine rings is 1. The molecule has 4 rings (SSSR count). The van der Waals surface area contributed by atoms with Crippen molar-refractivity contribution in [1.29, 1.82) is 0 Å². The minimum absolute atomic E-state index is 0.303. The predicted molar refractivity (Wildman–Crippen MR) is 115 cm³/mol. The van der Waals surface area contributed by atoms with Crippen molar-refractivity contribution in [3.05, 3.63) is 96.7 Å². The number of carbonyl (C=O) groups excluding carboxylic acids is 1. The Morgan fingerprint density at radius 3 is 2.43 bits per heavy atom. The summed E-state index contributed by atoms with van der Waals surface area (Å²) in [6, 6.07) is 18.5. The number of aryl methyl sites for hydroxylation is 1. The molecule has 150 valence electrons. The van der Waals surface area contributed by atoms with Crippen LogP contribution < -0.4 is 15.4 Å². The van der Waals surface area contributed by atoms with Gasteiger partial charge in [0.2, 0.25) is 0 Å². The molecule has 0 aliphatic rings. The fourth-order valence-electron chi connectivity index (χ4n) is 2.88. The topological polar surface area (TPSA) is 81.1 Å². The molecule has 0 radical (unpaired) electrons. The normalized spacial score (nSPS) is 10.4. The number of urea groups is 1. The van der Waals surface area contributed by atoms with Gasteiger partial charge in [0, 0.05) is 36.4 Å². The first-order valence-corrected chi connectivity index (χ1v) is 9.49. The van der Waals surface area contributed by atoms with E-state index in [9.17, 15) is 4.79 Å². The van der Waals surface area contributed by atoms with Gasteiger partial charge in [0.25, 0.3) is 0 Å². The van der Waals surface area contributed by atoms with Crippen LogP contribution >= 0.6 is 0 Å². The summed E-state index contributed by atoms with van der Waals surface area (Å²) in [7, 11) is 0. The maximum Gasteiger partial charge on any atom is 0.319 e. The highest BCUT2D eigenvalue weighted by Crippen LogP contribution is 2.23. The minimum atomic E-state index is -0.303. The molecule has 2 amide bonds. The maximum absolute atomic E-state index is 12.3. The van der Waals surface area contributed by atoms with Gasteiger partial charge in [0.1, 0.15) is 23.6 Å². The smallest absolute Gasteiger partial charge is 0.319 e. The molecule has 0 fully saturated rings. The number of nitrogens with zero attached hydrogens (tertiary/aromatic N) is 3. The average molecular weight is 399 g/mol. The molecule has 7 nitrogen and oxygen atoms in total. The van der Waals surface area contributed by atoms with Crippen LogP contribution in [0.15, 0.2) is 85.6 Å². The molecule has 2 aromatic carbocycles. The molecular weight excluding hydrogens is 378 g/mol. The van der Waals surface area contributed by atoms with E-state index >= 15 is 0 Å². The fourth-order valence-corrected chi connectivity index (χ4v) is 2.88. The second-order valence-corrected chi connectivity index (χ2v) is 6.70. The van der Waals surface area contributed by atoms with Crippen molar-refractivity contribution in [2.75, 3.05) is 5.32 Å². The molecule has 30 heavy (non-hydrogen) atoms. The van der Waals surface area contributed by atoms with Gasteiger partial charge in [0.15, 0.2) is 0 Å². The van der Waals surface area contributed by atoms with E-state index in [1.54, 1.807) is 30.9 Å². The fraction of sp³-hybridized carbons (Fsp3) is 0.0870. The van der Waals surface area contributed by atoms with Gasteiger partial charge < -0.3 is 15.4 Å². The number of anilines is 1. The number of ether oxygens (including phenoxy) is 1. The summed E-state index contributed by atoms with van der Waals surface area (Å²) in [4.78, 5) is 20.7. The summed E-state index contributed by atoms with van der Waals surface area (Å²) in [5.41, 5.74) is 2.73. The molecule has 2 aromatic heterocycles. The Morgan fingerprint density at radius 2 is 1.73 bits per heavy atom. The summed E-state index contributed by atoms with van der Waals surface area (Å²) >= 11 is 0. The third-order valence-corrected chi connectivity index (χ3v) is 4.42. The number of rotatable bonds is 6. The average Bonchev–Trinajstić information content (AvgIpc) is 3.30. The molecule has 0 atom stereocenters. The lowest BCUT2D eigenvalue weighted by atomic mass is 10.2. The SMILES string of the molecule is Cc1ccc(Oc2ccc(NC(=O)NCc3cccnc3-n3ccnc3)cc2)cc1. The number of aromatic nitrogens is 3. The molecule has 0 saturated heterocycles. The largest absolute Gasteiger partial charge is 0.457 e. The summed E-state index contributed by atoms with van der Waals surface area (Å²) in [5.74, 6) is 2.20. The quantitative estimate of drug-likeness (QED) is 0.493. The van der Waals surface area contributed by atoms with Crippen LogP contribution in [0.3, 0.4) is 0 Å². The van der Waals surface area contributed by atoms with E-state index < -0.39 is 0 Å². The Morgan fingerprint density at radius 1 is 1.00 bits per heavy atom. The minimum Gasteiger partial charge on any atom is -0.457 e. The van der Waals surface area contributed by atoms with Crippen molar-refractivity contribution in [1.82, 2.24) is 19.9 Å². The van der Waals surface area contributed by atoms with Crippen LogP contribution in [0.1, 0.15) is 11.1 Å². The van der Waals surface area contributed by atoms with E-state index in [0.717, 1.165) is 17.1 Å². The van der Waals surface area contributed by atoms with Gasteiger partial charge in [-0.25, -0.2) is 14.8 Å². The molecule has 0 spiro atoms. The van der Waals surface area contributed by atoms with Gasteiger partial charge >= 0.3 is 6.03 Å². The molecule has 0 unspecified atom stereocenters. The zero-order valence-corrected chi connectivity index (χ0v) is 16.4. The van der Waals surface area contributed by atoms with Crippen molar-refractivity contribution in [3.8, 4) is 17.3 Å². The highest BCUT2D eigenvalue weighted by Gasteiger charge is 2.08. The first-order chi connectivity index (χ1) is 14.7. The van der Waals surface area contributed by atoms with Crippen molar-refractivity contribution in [3.63, 3.8) is 0 Å². The third kappa shape index (κ3) is 4.82. The molecule has 4 aromatic rings. The van der Waals surface area contributed by atoms with Crippen LogP contribution in [-0.4, -0.2) is 20.6 Å². The van der Waals surface area contributed by atoms with Crippen molar-refractivity contribution in [2.24, 2.45) is 0 Å². The lowest BCUT2D eigenvalue weighted by molar-refractivity contribution is 0.251. The Hall–Kier alpha value is -4.13. The Labute approximate surface area is 174 Å². The standard InChI is InChI=1S/C23H21N5O2/c1-17-4-8-20(9-5-17)30-21-10-6-19(7-11-21)27-23(29)26-15-18-3-2-12-25-22(18)28-14-13-24-16-28/h2-14,16H,15H2,1H3,(H2,26,27,29). The number of amides is 2. The molecule has 0 saturated carbocycles. The molecule has 0 aliphatic carbocycles. The van der Waals surface area contributed by atoms with Crippen LogP contribution in [0.2, 0.25) is 0 Å². The highest BCUT2D eigenvalue weighted by atomic mass is 16.5. The first-order valence-electron chi connectivity index (χ1n) is 9.49. The number of imidazole rings is 1. The summed E-state index contributed by atoms with van der Waals surface area (Å²) < 4.78 is 7.61. The number of carbonyl (C=O) groups is 1. The zero-order chi connectivity index (χ0) is 20.8. The molecular formula is C23H21N5O2. The Bertz CT molecular complexity index is 1110. The van der Waals surface area contributed by atoms with Crippen LogP contribution in [0.25, 0.3) is 5.82 Å². The molecule has 7 heteroatoms. The number of benzene rings is 2. The van der Waals surface area contributed by atoms with Crippen molar-refractivity contribution in [2.45, 2.75) is 13.5 Å². The molecule has 2 heterocycles. The second kappa shape index (κ2) is 8.91. The Kier molecular flexibility index (Phi) is 5.70. The van der Waals surface area contributed by atoms with Crippen molar-refractivity contribution < 1.29 is 9.53 Å². The van der Waals surface area contributed by atoms with Gasteiger partial charge in [-0.05, 0) is 49.4 Å². The second-order valence-electron chi connectivity index (χ2n) is 6.70. The van der Waals surface area contributed by atoms with E-state index in [2.05, 4.69) is 20.6 Å². The highest BCUT2D eigenvalue weighted by molar-refractivity contribution is 5.89. The summed E-state index contributed by atoms with van der Waals surface area (Å²) in [5, 5.41) is 5.67. The monoisotopic (exact) mass is 399 g/mol. The van der Waals surface area contributed by atoms with Crippen LogP contribution in [0.5, 0.6) is 11.5 Å². The van der Waals surface area contributed by atoms with E-state index in [4.69, 9.17) is 4.74 Å².